The first kappa shape index (κ1) is 10.2. The Kier molecular flexibility index (Phi) is 3.06. The molecular weight excluding hydrogens is 188 g/mol. The van der Waals surface area contributed by atoms with Gasteiger partial charge in [-0.1, -0.05) is 37.3 Å². The van der Waals surface area contributed by atoms with Crippen molar-refractivity contribution in [3.63, 3.8) is 0 Å². The van der Waals surface area contributed by atoms with Crippen LogP contribution in [-0.2, 0) is 10.1 Å². The Morgan fingerprint density at radius 1 is 1.31 bits per heavy atom. The van der Waals surface area contributed by atoms with Crippen LogP contribution in [0.3, 0.4) is 0 Å². The molecule has 0 heterocycles. The molecule has 0 bridgehead atoms. The fraction of sp³-hybridized carbons (Fsp3) is 0.333. The largest absolute Gasteiger partial charge is 0.748 e. The summed E-state index contributed by atoms with van der Waals surface area (Å²) in [5.41, 5.74) is 0.877. The van der Waals surface area contributed by atoms with Crippen LogP contribution >= 0.6 is 0 Å². The summed E-state index contributed by atoms with van der Waals surface area (Å²) in [7, 11) is -4.12. The van der Waals surface area contributed by atoms with Gasteiger partial charge in [-0.3, -0.25) is 0 Å². The van der Waals surface area contributed by atoms with E-state index in [4.69, 9.17) is 0 Å². The molecule has 3 nitrogen and oxygen atoms in total. The summed E-state index contributed by atoms with van der Waals surface area (Å²) < 4.78 is 31.4. The number of hydrogen-bond acceptors (Lipinski definition) is 3. The van der Waals surface area contributed by atoms with Gasteiger partial charge in [0.2, 0.25) is 0 Å². The van der Waals surface area contributed by atoms with E-state index in [0.29, 0.717) is 0 Å². The van der Waals surface area contributed by atoms with Crippen LogP contribution in [0.2, 0.25) is 0 Å². The first-order valence-corrected chi connectivity index (χ1v) is 5.55. The lowest BCUT2D eigenvalue weighted by atomic mass is 10.0. The van der Waals surface area contributed by atoms with Crippen molar-refractivity contribution >= 4 is 10.1 Å². The van der Waals surface area contributed by atoms with Gasteiger partial charge in [-0.2, -0.15) is 0 Å². The molecule has 0 aromatic heterocycles. The Morgan fingerprint density at radius 2 is 1.85 bits per heavy atom. The van der Waals surface area contributed by atoms with Crippen molar-refractivity contribution in [3.05, 3.63) is 35.9 Å². The molecule has 1 unspecified atom stereocenters. The fourth-order valence-corrected chi connectivity index (χ4v) is 1.99. The van der Waals surface area contributed by atoms with E-state index in [9.17, 15) is 13.0 Å². The van der Waals surface area contributed by atoms with Crippen molar-refractivity contribution < 1.29 is 13.0 Å². The van der Waals surface area contributed by atoms with Crippen molar-refractivity contribution in [2.45, 2.75) is 12.8 Å². The Labute approximate surface area is 78.2 Å². The number of benzene rings is 1. The van der Waals surface area contributed by atoms with Crippen LogP contribution in [0.1, 0.15) is 18.4 Å². The van der Waals surface area contributed by atoms with Gasteiger partial charge in [0.15, 0.2) is 0 Å². The molecule has 0 spiro atoms. The molecule has 1 atom stereocenters. The highest BCUT2D eigenvalue weighted by Crippen LogP contribution is 2.15. The number of rotatable bonds is 3. The van der Waals surface area contributed by atoms with Crippen LogP contribution in [0.4, 0.5) is 0 Å². The fourth-order valence-electron chi connectivity index (χ4n) is 1.18. The molecule has 0 radical (unpaired) electrons. The smallest absolute Gasteiger partial charge is 0.0951 e. The van der Waals surface area contributed by atoms with Gasteiger partial charge in [0, 0.05) is 5.75 Å². The minimum atomic E-state index is -4.12. The second-order valence-electron chi connectivity index (χ2n) is 3.04. The van der Waals surface area contributed by atoms with Crippen molar-refractivity contribution in [3.8, 4) is 0 Å². The quantitative estimate of drug-likeness (QED) is 0.690. The molecule has 1 aromatic rings. The standard InChI is InChI=1S/C9H12O3S/c1-8(7-13(10,11)12)9-5-3-2-4-6-9/h2-6,8H,7H2,1H3,(H,10,11,12)/p-1. The van der Waals surface area contributed by atoms with Crippen molar-refractivity contribution in [2.24, 2.45) is 0 Å². The monoisotopic (exact) mass is 199 g/mol. The molecule has 1 aromatic carbocycles. The third-order valence-electron chi connectivity index (χ3n) is 1.82. The lowest BCUT2D eigenvalue weighted by molar-refractivity contribution is 0.459. The third-order valence-corrected chi connectivity index (χ3v) is 2.73. The highest BCUT2D eigenvalue weighted by Gasteiger charge is 2.07. The van der Waals surface area contributed by atoms with Crippen LogP contribution in [-0.4, -0.2) is 18.7 Å². The van der Waals surface area contributed by atoms with Crippen LogP contribution < -0.4 is 0 Å². The average Bonchev–Trinajstić information content (AvgIpc) is 2.03. The van der Waals surface area contributed by atoms with Gasteiger partial charge in [0.1, 0.15) is 0 Å². The maximum Gasteiger partial charge on any atom is 0.0951 e. The second kappa shape index (κ2) is 3.89. The highest BCUT2D eigenvalue weighted by molar-refractivity contribution is 7.85. The Morgan fingerprint density at radius 3 is 2.31 bits per heavy atom. The van der Waals surface area contributed by atoms with E-state index in [-0.39, 0.29) is 11.7 Å². The zero-order valence-corrected chi connectivity index (χ0v) is 8.12. The molecule has 0 aliphatic heterocycles. The summed E-state index contributed by atoms with van der Waals surface area (Å²) >= 11 is 0. The van der Waals surface area contributed by atoms with E-state index in [2.05, 4.69) is 0 Å². The van der Waals surface area contributed by atoms with Crippen LogP contribution in [0, 0.1) is 0 Å². The zero-order valence-electron chi connectivity index (χ0n) is 7.30. The molecule has 4 heteroatoms. The van der Waals surface area contributed by atoms with E-state index >= 15 is 0 Å². The molecule has 0 amide bonds. The predicted octanol–water partition coefficient (Wildman–Crippen LogP) is 1.34. The maximum absolute atomic E-state index is 10.5. The van der Waals surface area contributed by atoms with Gasteiger partial charge in [-0.15, -0.1) is 0 Å². The SMILES string of the molecule is CC(CS(=O)(=O)[O-])c1ccccc1. The Hall–Kier alpha value is -0.870. The summed E-state index contributed by atoms with van der Waals surface area (Å²) in [4.78, 5) is 0. The zero-order chi connectivity index (χ0) is 9.90. The maximum atomic E-state index is 10.5. The first-order chi connectivity index (χ1) is 5.99. The van der Waals surface area contributed by atoms with Gasteiger partial charge in [-0.25, -0.2) is 8.42 Å². The lowest BCUT2D eigenvalue weighted by Gasteiger charge is -2.13. The normalized spacial score (nSPS) is 14.0. The minimum absolute atomic E-state index is 0.233. The van der Waals surface area contributed by atoms with Gasteiger partial charge >= 0.3 is 0 Å². The summed E-state index contributed by atoms with van der Waals surface area (Å²) in [6, 6.07) is 9.13. The van der Waals surface area contributed by atoms with Gasteiger partial charge in [-0.05, 0) is 11.5 Å². The summed E-state index contributed by atoms with van der Waals surface area (Å²) in [6.45, 7) is 1.73. The molecule has 0 aliphatic carbocycles. The molecule has 72 valence electrons. The first-order valence-electron chi connectivity index (χ1n) is 3.97. The van der Waals surface area contributed by atoms with Gasteiger partial charge in [0.25, 0.3) is 0 Å². The molecule has 0 saturated heterocycles. The lowest BCUT2D eigenvalue weighted by Crippen LogP contribution is -2.11. The molecule has 0 aliphatic rings. The topological polar surface area (TPSA) is 57.2 Å². The van der Waals surface area contributed by atoms with E-state index < -0.39 is 10.1 Å². The summed E-state index contributed by atoms with van der Waals surface area (Å²) in [5, 5.41) is 0. The predicted molar refractivity (Wildman–Crippen MR) is 49.4 cm³/mol. The van der Waals surface area contributed by atoms with Crippen LogP contribution in [0.25, 0.3) is 0 Å². The number of hydrogen-bond donors (Lipinski definition) is 0. The highest BCUT2D eigenvalue weighted by atomic mass is 32.2. The molecule has 13 heavy (non-hydrogen) atoms. The molecule has 1 rings (SSSR count). The summed E-state index contributed by atoms with van der Waals surface area (Å²) in [6.07, 6.45) is 0. The van der Waals surface area contributed by atoms with Crippen molar-refractivity contribution in [1.82, 2.24) is 0 Å². The van der Waals surface area contributed by atoms with Gasteiger partial charge in [0.05, 0.1) is 10.1 Å². The van der Waals surface area contributed by atoms with Crippen LogP contribution in [0.5, 0.6) is 0 Å². The van der Waals surface area contributed by atoms with E-state index in [0.717, 1.165) is 5.56 Å². The van der Waals surface area contributed by atoms with Crippen LogP contribution in [0.15, 0.2) is 30.3 Å². The van der Waals surface area contributed by atoms with E-state index in [1.54, 1.807) is 6.92 Å². The van der Waals surface area contributed by atoms with Crippen molar-refractivity contribution in [2.75, 3.05) is 5.75 Å². The molecular formula is C9H11O3S-. The minimum Gasteiger partial charge on any atom is -0.748 e. The Bertz CT molecular complexity index is 356. The van der Waals surface area contributed by atoms with E-state index in [1.807, 2.05) is 30.3 Å². The van der Waals surface area contributed by atoms with Crippen molar-refractivity contribution in [1.29, 1.82) is 0 Å². The molecule has 0 fully saturated rings. The molecule has 0 saturated carbocycles. The van der Waals surface area contributed by atoms with E-state index in [1.165, 1.54) is 0 Å². The third kappa shape index (κ3) is 3.57. The molecule has 0 N–H and O–H groups in total. The average molecular weight is 199 g/mol. The Balaban J connectivity index is 2.76. The second-order valence-corrected chi connectivity index (χ2v) is 4.48. The van der Waals surface area contributed by atoms with Gasteiger partial charge < -0.3 is 4.55 Å². The summed E-state index contributed by atoms with van der Waals surface area (Å²) in [5.74, 6) is -0.569.